The van der Waals surface area contributed by atoms with Gasteiger partial charge in [-0.25, -0.2) is 9.97 Å². The average Bonchev–Trinajstić information content (AvgIpc) is 2.40. The Bertz CT molecular complexity index is 523. The van der Waals surface area contributed by atoms with Crippen molar-refractivity contribution < 1.29 is 0 Å². The molecule has 0 spiro atoms. The van der Waals surface area contributed by atoms with Crippen molar-refractivity contribution in [1.82, 2.24) is 15.3 Å². The lowest BCUT2D eigenvalue weighted by molar-refractivity contribution is 0.584. The Labute approximate surface area is 118 Å². The Morgan fingerprint density at radius 3 is 2.53 bits per heavy atom. The van der Waals surface area contributed by atoms with Crippen LogP contribution in [0, 0.1) is 6.92 Å². The number of nitrogens with zero attached hydrogens (tertiary/aromatic N) is 2. The molecular weight excluding hydrogens is 254 g/mol. The molecule has 0 aliphatic heterocycles. The third kappa shape index (κ3) is 4.33. The number of hydrogen-bond acceptors (Lipinski definition) is 4. The lowest BCUT2D eigenvalue weighted by atomic mass is 10.2. The minimum Gasteiger partial charge on any atom is -0.310 e. The molecule has 1 heterocycles. The highest BCUT2D eigenvalue weighted by molar-refractivity contribution is 7.99. The Kier molecular flexibility index (Phi) is 4.93. The number of aryl methyl sites for hydroxylation is 1. The molecule has 100 valence electrons. The fourth-order valence-electron chi connectivity index (χ4n) is 1.60. The first-order valence-electron chi connectivity index (χ1n) is 6.43. The zero-order valence-corrected chi connectivity index (χ0v) is 12.4. The predicted molar refractivity (Wildman–Crippen MR) is 79.3 cm³/mol. The molecule has 0 atom stereocenters. The molecule has 2 aromatic rings. The van der Waals surface area contributed by atoms with E-state index in [-0.39, 0.29) is 0 Å². The van der Waals surface area contributed by atoms with E-state index in [9.17, 15) is 0 Å². The van der Waals surface area contributed by atoms with E-state index in [1.807, 2.05) is 19.3 Å². The second kappa shape index (κ2) is 6.68. The number of aromatic nitrogens is 2. The third-order valence-corrected chi connectivity index (χ3v) is 3.64. The molecule has 0 saturated carbocycles. The van der Waals surface area contributed by atoms with Crippen molar-refractivity contribution in [2.45, 2.75) is 43.4 Å². The van der Waals surface area contributed by atoms with Gasteiger partial charge in [0, 0.05) is 29.9 Å². The van der Waals surface area contributed by atoms with Gasteiger partial charge in [-0.05, 0) is 35.9 Å². The van der Waals surface area contributed by atoms with Gasteiger partial charge in [0.25, 0.3) is 0 Å². The molecule has 0 radical (unpaired) electrons. The van der Waals surface area contributed by atoms with Crippen LogP contribution < -0.4 is 5.32 Å². The Morgan fingerprint density at radius 1 is 1.16 bits per heavy atom. The molecule has 0 aliphatic rings. The van der Waals surface area contributed by atoms with E-state index >= 15 is 0 Å². The molecule has 1 aromatic heterocycles. The predicted octanol–water partition coefficient (Wildman–Crippen LogP) is 3.43. The van der Waals surface area contributed by atoms with Crippen molar-refractivity contribution in [3.05, 3.63) is 47.8 Å². The van der Waals surface area contributed by atoms with Gasteiger partial charge < -0.3 is 5.32 Å². The topological polar surface area (TPSA) is 37.8 Å². The number of hydrogen-bond donors (Lipinski definition) is 1. The van der Waals surface area contributed by atoms with Crippen molar-refractivity contribution in [3.63, 3.8) is 0 Å². The molecular formula is C15H19N3S. The highest BCUT2D eigenvalue weighted by Crippen LogP contribution is 2.27. The van der Waals surface area contributed by atoms with Crippen molar-refractivity contribution in [3.8, 4) is 0 Å². The summed E-state index contributed by atoms with van der Waals surface area (Å²) >= 11 is 1.61. The van der Waals surface area contributed by atoms with E-state index in [0.717, 1.165) is 17.3 Å². The lowest BCUT2D eigenvalue weighted by Crippen LogP contribution is -2.22. The normalized spacial score (nSPS) is 10.9. The Balaban J connectivity index is 2.13. The summed E-state index contributed by atoms with van der Waals surface area (Å²) in [5, 5.41) is 4.24. The van der Waals surface area contributed by atoms with Gasteiger partial charge in [-0.1, -0.05) is 32.0 Å². The molecule has 0 aliphatic carbocycles. The molecule has 0 saturated heterocycles. The first-order chi connectivity index (χ1) is 9.15. The summed E-state index contributed by atoms with van der Waals surface area (Å²) in [6.45, 7) is 7.17. The second-order valence-corrected chi connectivity index (χ2v) is 5.80. The Hall–Kier alpha value is -1.39. The van der Waals surface area contributed by atoms with Crippen LogP contribution in [0.3, 0.4) is 0 Å². The van der Waals surface area contributed by atoms with Crippen LogP contribution in [-0.4, -0.2) is 16.0 Å². The summed E-state index contributed by atoms with van der Waals surface area (Å²) in [7, 11) is 0. The van der Waals surface area contributed by atoms with Gasteiger partial charge in [0.05, 0.1) is 0 Å². The number of nitrogens with one attached hydrogen (secondary N) is 1. The molecule has 3 nitrogen and oxygen atoms in total. The fraction of sp³-hybridized carbons (Fsp3) is 0.333. The minimum atomic E-state index is 0.480. The smallest absolute Gasteiger partial charge is 0.192 e. The molecule has 0 unspecified atom stereocenters. The average molecular weight is 273 g/mol. The van der Waals surface area contributed by atoms with E-state index < -0.39 is 0 Å². The van der Waals surface area contributed by atoms with E-state index in [4.69, 9.17) is 0 Å². The van der Waals surface area contributed by atoms with Gasteiger partial charge in [-0.2, -0.15) is 0 Å². The van der Waals surface area contributed by atoms with Crippen LogP contribution in [0.4, 0.5) is 0 Å². The van der Waals surface area contributed by atoms with Crippen LogP contribution in [-0.2, 0) is 6.54 Å². The maximum atomic E-state index is 4.34. The van der Waals surface area contributed by atoms with Crippen LogP contribution in [0.2, 0.25) is 0 Å². The summed E-state index contributed by atoms with van der Waals surface area (Å²) in [5.74, 6) is 0. The van der Waals surface area contributed by atoms with Crippen LogP contribution >= 0.6 is 11.8 Å². The summed E-state index contributed by atoms with van der Waals surface area (Å²) in [4.78, 5) is 9.89. The molecule has 0 bridgehead atoms. The zero-order valence-electron chi connectivity index (χ0n) is 11.6. The van der Waals surface area contributed by atoms with Gasteiger partial charge in [0.1, 0.15) is 0 Å². The number of benzene rings is 1. The maximum absolute atomic E-state index is 4.34. The largest absolute Gasteiger partial charge is 0.310 e. The Morgan fingerprint density at radius 2 is 1.84 bits per heavy atom. The van der Waals surface area contributed by atoms with Crippen molar-refractivity contribution in [1.29, 1.82) is 0 Å². The lowest BCUT2D eigenvalue weighted by Gasteiger charge is -2.11. The SMILES string of the molecule is Cc1cnc(Sc2ccccc2CNC(C)C)nc1. The highest BCUT2D eigenvalue weighted by atomic mass is 32.2. The van der Waals surface area contributed by atoms with E-state index in [1.54, 1.807) is 11.8 Å². The highest BCUT2D eigenvalue weighted by Gasteiger charge is 2.06. The van der Waals surface area contributed by atoms with E-state index in [0.29, 0.717) is 6.04 Å². The molecule has 4 heteroatoms. The first-order valence-corrected chi connectivity index (χ1v) is 7.24. The third-order valence-electron chi connectivity index (χ3n) is 2.63. The quantitative estimate of drug-likeness (QED) is 0.847. The first kappa shape index (κ1) is 14.0. The van der Waals surface area contributed by atoms with Crippen LogP contribution in [0.25, 0.3) is 0 Å². The zero-order chi connectivity index (χ0) is 13.7. The molecule has 2 rings (SSSR count). The molecule has 19 heavy (non-hydrogen) atoms. The van der Waals surface area contributed by atoms with E-state index in [1.165, 1.54) is 10.5 Å². The summed E-state index contributed by atoms with van der Waals surface area (Å²) in [6, 6.07) is 8.86. The summed E-state index contributed by atoms with van der Waals surface area (Å²) in [5.41, 5.74) is 2.37. The summed E-state index contributed by atoms with van der Waals surface area (Å²) in [6.07, 6.45) is 3.70. The van der Waals surface area contributed by atoms with Gasteiger partial charge in [0.15, 0.2) is 5.16 Å². The molecule has 0 amide bonds. The van der Waals surface area contributed by atoms with Gasteiger partial charge in [-0.15, -0.1) is 0 Å². The van der Waals surface area contributed by atoms with Gasteiger partial charge in [-0.3, -0.25) is 0 Å². The number of rotatable bonds is 5. The van der Waals surface area contributed by atoms with Gasteiger partial charge in [0.2, 0.25) is 0 Å². The minimum absolute atomic E-state index is 0.480. The second-order valence-electron chi connectivity index (χ2n) is 4.79. The van der Waals surface area contributed by atoms with Crippen molar-refractivity contribution in [2.75, 3.05) is 0 Å². The van der Waals surface area contributed by atoms with E-state index in [2.05, 4.69) is 53.4 Å². The maximum Gasteiger partial charge on any atom is 0.192 e. The molecule has 0 fully saturated rings. The standard InChI is InChI=1S/C15H19N3S/c1-11(2)16-10-13-6-4-5-7-14(13)19-15-17-8-12(3)9-18-15/h4-9,11,16H,10H2,1-3H3. The summed E-state index contributed by atoms with van der Waals surface area (Å²) < 4.78 is 0. The van der Waals surface area contributed by atoms with Crippen LogP contribution in [0.5, 0.6) is 0 Å². The van der Waals surface area contributed by atoms with Crippen molar-refractivity contribution >= 4 is 11.8 Å². The molecule has 1 aromatic carbocycles. The molecule has 1 N–H and O–H groups in total. The van der Waals surface area contributed by atoms with Crippen LogP contribution in [0.1, 0.15) is 25.0 Å². The van der Waals surface area contributed by atoms with Crippen molar-refractivity contribution in [2.24, 2.45) is 0 Å². The van der Waals surface area contributed by atoms with Crippen LogP contribution in [0.15, 0.2) is 46.7 Å². The van der Waals surface area contributed by atoms with Gasteiger partial charge >= 0.3 is 0 Å². The monoisotopic (exact) mass is 273 g/mol. The fourth-order valence-corrected chi connectivity index (χ4v) is 2.42.